The van der Waals surface area contributed by atoms with Crippen molar-refractivity contribution in [2.24, 2.45) is 10.9 Å². The summed E-state index contributed by atoms with van der Waals surface area (Å²) in [7, 11) is -2.23. The Kier molecular flexibility index (Phi) is 11.2. The van der Waals surface area contributed by atoms with Crippen molar-refractivity contribution in [3.8, 4) is 22.8 Å². The molecular formula is C36H42N5O7SW-. The van der Waals surface area contributed by atoms with Crippen LogP contribution in [0.15, 0.2) is 72.2 Å². The zero-order valence-corrected chi connectivity index (χ0v) is 32.3. The van der Waals surface area contributed by atoms with Crippen LogP contribution in [0.4, 0.5) is 4.79 Å². The van der Waals surface area contributed by atoms with Crippen molar-refractivity contribution >= 4 is 38.8 Å². The van der Waals surface area contributed by atoms with Crippen molar-refractivity contribution < 1.29 is 53.3 Å². The Balaban J connectivity index is 0.00000486. The fourth-order valence-electron chi connectivity index (χ4n) is 6.15. The number of rotatable bonds is 7. The molecule has 3 fully saturated rings. The van der Waals surface area contributed by atoms with Gasteiger partial charge in [0.15, 0.2) is 0 Å². The van der Waals surface area contributed by atoms with Crippen molar-refractivity contribution in [1.82, 2.24) is 19.9 Å². The first-order valence-corrected chi connectivity index (χ1v) is 18.1. The van der Waals surface area contributed by atoms with Gasteiger partial charge in [0, 0.05) is 50.2 Å². The third-order valence-corrected chi connectivity index (χ3v) is 9.95. The van der Waals surface area contributed by atoms with Crippen molar-refractivity contribution in [3.05, 3.63) is 73.3 Å². The summed E-state index contributed by atoms with van der Waals surface area (Å²) < 4.78 is 46.9. The monoisotopic (exact) mass is 872 g/mol. The van der Waals surface area contributed by atoms with Crippen LogP contribution in [-0.2, 0) is 40.6 Å². The molecule has 2 N–H and O–H groups in total. The third-order valence-electron chi connectivity index (χ3n) is 8.60. The molecule has 0 radical (unpaired) electrons. The number of nitrogens with one attached hydrogen (secondary N) is 2. The van der Waals surface area contributed by atoms with E-state index in [0.717, 1.165) is 17.0 Å². The minimum absolute atomic E-state index is 0. The first-order chi connectivity index (χ1) is 23.3. The molecule has 6 rings (SSSR count). The van der Waals surface area contributed by atoms with Crippen LogP contribution in [0.25, 0.3) is 22.2 Å². The molecule has 2 amide bonds. The summed E-state index contributed by atoms with van der Waals surface area (Å²) >= 11 is 0. The van der Waals surface area contributed by atoms with E-state index in [4.69, 9.17) is 24.2 Å². The number of hydrogen-bond acceptors (Lipinski definition) is 9. The van der Waals surface area contributed by atoms with E-state index in [-0.39, 0.29) is 70.3 Å². The van der Waals surface area contributed by atoms with Gasteiger partial charge in [-0.1, -0.05) is 42.7 Å². The van der Waals surface area contributed by atoms with Gasteiger partial charge in [-0.15, -0.1) is 18.7 Å². The molecule has 0 bridgehead atoms. The van der Waals surface area contributed by atoms with E-state index >= 15 is 0 Å². The number of amidine groups is 1. The minimum atomic E-state index is -3.82. The summed E-state index contributed by atoms with van der Waals surface area (Å²) in [6, 6.07) is 16.1. The maximum Gasteiger partial charge on any atom is 0.408 e. The summed E-state index contributed by atoms with van der Waals surface area (Å²) in [5.74, 6) is 0.791. The second-order valence-electron chi connectivity index (χ2n) is 13.5. The van der Waals surface area contributed by atoms with Crippen LogP contribution in [0, 0.1) is 12.0 Å². The predicted molar refractivity (Wildman–Crippen MR) is 187 cm³/mol. The number of pyridine rings is 1. The number of carbonyl (C=O) groups excluding carboxylic acids is 2. The number of alkyl carbamates (subject to hydrolysis) is 1. The van der Waals surface area contributed by atoms with Crippen LogP contribution in [-0.4, -0.2) is 79.3 Å². The first kappa shape index (κ1) is 37.2. The predicted octanol–water partition coefficient (Wildman–Crippen LogP) is 5.00. The van der Waals surface area contributed by atoms with Crippen LogP contribution >= 0.6 is 0 Å². The fourth-order valence-corrected chi connectivity index (χ4v) is 7.30. The molecule has 4 unspecified atom stereocenters. The van der Waals surface area contributed by atoms with Crippen LogP contribution in [0.5, 0.6) is 11.5 Å². The number of aliphatic imine (C=N–C) groups is 1. The summed E-state index contributed by atoms with van der Waals surface area (Å²) in [6.07, 6.45) is 1.61. The van der Waals surface area contributed by atoms with Crippen LogP contribution in [0.1, 0.15) is 46.5 Å². The molecular weight excluding hydrogens is 830 g/mol. The standard InChI is InChI=1S/C36H42N5O7S.W/c1-6-22-17-28(22)38-33-31-19-25(21-41(31)34(42)27(13-10-16-49(44,45)40-33)39-35(43)48-36(2,3)4)47-32-20-29(23-11-8-7-9-12-23)37-30-18-24(46-5)14-15-26(30)32;/h6-9,11-12,14-15,18,20,22,25,27,31H,1,10,13,16-17,19,21H2,2-5H3,(H,38,40)(H,39,43);/q-1;. The smallest absolute Gasteiger partial charge is 0.408 e. The molecule has 3 aliphatic rings. The number of benzene rings is 2. The largest absolute Gasteiger partial charge is 0.497 e. The van der Waals surface area contributed by atoms with Gasteiger partial charge in [0.1, 0.15) is 29.2 Å². The van der Waals surface area contributed by atoms with Gasteiger partial charge in [0.25, 0.3) is 0 Å². The molecule has 0 spiro atoms. The second kappa shape index (κ2) is 15.0. The van der Waals surface area contributed by atoms with Crippen molar-refractivity contribution in [2.45, 2.75) is 70.2 Å². The number of fused-ring (bicyclic) bond motifs is 2. The number of aromatic nitrogens is 1. The van der Waals surface area contributed by atoms with Crippen LogP contribution < -0.4 is 19.5 Å². The van der Waals surface area contributed by atoms with Crippen LogP contribution in [0.2, 0.25) is 0 Å². The molecule has 266 valence electrons. The van der Waals surface area contributed by atoms with E-state index in [9.17, 15) is 18.0 Å². The first-order valence-electron chi connectivity index (χ1n) is 16.4. The summed E-state index contributed by atoms with van der Waals surface area (Å²) in [5.41, 5.74) is 1.47. The Morgan fingerprint density at radius 3 is 2.62 bits per heavy atom. The van der Waals surface area contributed by atoms with Gasteiger partial charge >= 0.3 is 6.09 Å². The maximum atomic E-state index is 14.3. The number of methoxy groups -OCH3 is 1. The normalized spacial score (nSPS) is 24.0. The van der Waals surface area contributed by atoms with Gasteiger partial charge in [-0.05, 0) is 58.0 Å². The molecule has 4 atom stereocenters. The Morgan fingerprint density at radius 2 is 1.94 bits per heavy atom. The number of ether oxygens (including phenoxy) is 3. The molecule has 2 saturated heterocycles. The number of sulfonamides is 1. The summed E-state index contributed by atoms with van der Waals surface area (Å²) in [5, 5.41) is 3.45. The molecule has 12 nitrogen and oxygen atoms in total. The van der Waals surface area contributed by atoms with E-state index in [2.05, 4.69) is 16.6 Å². The zero-order valence-electron chi connectivity index (χ0n) is 28.5. The van der Waals surface area contributed by atoms with Gasteiger partial charge < -0.3 is 34.1 Å². The number of nitrogens with zero attached hydrogens (tertiary/aromatic N) is 3. The topological polar surface area (TPSA) is 149 Å². The number of hydrogen-bond donors (Lipinski definition) is 2. The molecule has 1 aromatic heterocycles. The van der Waals surface area contributed by atoms with E-state index < -0.39 is 39.9 Å². The molecule has 1 saturated carbocycles. The second-order valence-corrected chi connectivity index (χ2v) is 15.4. The van der Waals surface area contributed by atoms with Gasteiger partial charge in [0.05, 0.1) is 30.6 Å². The molecule has 2 aliphatic heterocycles. The third kappa shape index (κ3) is 8.79. The van der Waals surface area contributed by atoms with Crippen molar-refractivity contribution in [3.63, 3.8) is 0 Å². The number of carbonyl (C=O) groups is 2. The van der Waals surface area contributed by atoms with Gasteiger partial charge in [-0.3, -0.25) is 4.79 Å². The van der Waals surface area contributed by atoms with Gasteiger partial charge in [-0.25, -0.2) is 18.2 Å². The molecule has 50 heavy (non-hydrogen) atoms. The number of amides is 2. The molecule has 3 heterocycles. The van der Waals surface area contributed by atoms with Crippen molar-refractivity contribution in [1.29, 1.82) is 0 Å². The maximum absolute atomic E-state index is 14.3. The SMILES string of the molecule is C=CC1C[C-]1N=C1NS(=O)(=O)CCCC(NC(=O)OC(C)(C)C)C(=O)N2CC(Oc3cc(-c4ccccc4)nc4cc(OC)ccc34)CC12.[W]. The van der Waals surface area contributed by atoms with E-state index in [0.29, 0.717) is 29.1 Å². The quantitative estimate of drug-likeness (QED) is 0.249. The van der Waals surface area contributed by atoms with Gasteiger partial charge in [0.2, 0.25) is 15.9 Å². The van der Waals surface area contributed by atoms with Crippen LogP contribution in [0.3, 0.4) is 0 Å². The van der Waals surface area contributed by atoms with E-state index in [1.54, 1.807) is 38.9 Å². The van der Waals surface area contributed by atoms with E-state index in [1.807, 2.05) is 54.6 Å². The molecule has 1 aliphatic carbocycles. The molecule has 2 aromatic carbocycles. The zero-order chi connectivity index (χ0) is 34.9. The Hall–Kier alpha value is -4.09. The Bertz CT molecular complexity index is 1880. The average molecular weight is 873 g/mol. The summed E-state index contributed by atoms with van der Waals surface area (Å²) in [6.45, 7) is 9.16. The van der Waals surface area contributed by atoms with Gasteiger partial charge in [-0.2, -0.15) is 0 Å². The Labute approximate surface area is 307 Å². The fraction of sp³-hybridized carbons (Fsp3) is 0.417. The molecule has 3 aromatic rings. The van der Waals surface area contributed by atoms with Crippen molar-refractivity contribution in [2.75, 3.05) is 19.4 Å². The average Bonchev–Trinajstić information content (AvgIpc) is 3.68. The minimum Gasteiger partial charge on any atom is -0.497 e. The van der Waals surface area contributed by atoms with E-state index in [1.165, 1.54) is 0 Å². The Morgan fingerprint density at radius 1 is 1.18 bits per heavy atom. The molecule has 14 heteroatoms. The summed E-state index contributed by atoms with van der Waals surface area (Å²) in [4.78, 5) is 38.3.